The second-order valence-electron chi connectivity index (χ2n) is 3.17. The molecule has 0 saturated carbocycles. The Balaban J connectivity index is 2.44. The molecule has 0 N–H and O–H groups in total. The first-order chi connectivity index (χ1) is 8.13. The average Bonchev–Trinajstić information content (AvgIpc) is 2.81. The molecule has 0 bridgehead atoms. The number of methoxy groups -OCH3 is 1. The number of halogens is 2. The van der Waals surface area contributed by atoms with Crippen molar-refractivity contribution < 1.29 is 18.3 Å². The van der Waals surface area contributed by atoms with Gasteiger partial charge in [-0.3, -0.25) is 4.79 Å². The maximum atomic E-state index is 13.6. The number of rotatable bonds is 3. The molecule has 2 rings (SSSR count). The summed E-state index contributed by atoms with van der Waals surface area (Å²) in [6.45, 7) is 0. The number of hydrogen-bond donors (Lipinski definition) is 0. The lowest BCUT2D eigenvalue weighted by atomic mass is 10.1. The lowest BCUT2D eigenvalue weighted by molar-refractivity contribution is 0.101. The lowest BCUT2D eigenvalue weighted by Crippen LogP contribution is -2.02. The normalized spacial score (nSPS) is 10.3. The summed E-state index contributed by atoms with van der Waals surface area (Å²) in [6.07, 6.45) is 2.42. The van der Waals surface area contributed by atoms with Crippen LogP contribution in [0.5, 0.6) is 5.75 Å². The summed E-state index contributed by atoms with van der Waals surface area (Å²) in [4.78, 5) is 15.5. The molecule has 0 radical (unpaired) electrons. The quantitative estimate of drug-likeness (QED) is 0.818. The van der Waals surface area contributed by atoms with E-state index in [-0.39, 0.29) is 17.1 Å². The molecule has 6 heteroatoms. The van der Waals surface area contributed by atoms with E-state index in [2.05, 4.69) is 20.9 Å². The van der Waals surface area contributed by atoms with Gasteiger partial charge in [-0.1, -0.05) is 0 Å². The highest BCUT2D eigenvalue weighted by atomic mass is 79.9. The highest BCUT2D eigenvalue weighted by Gasteiger charge is 2.17. The van der Waals surface area contributed by atoms with Gasteiger partial charge in [0.05, 0.1) is 17.8 Å². The number of hydrogen-bond acceptors (Lipinski definition) is 4. The Hall–Kier alpha value is -1.69. The lowest BCUT2D eigenvalue weighted by Gasteiger charge is -2.06. The van der Waals surface area contributed by atoms with Gasteiger partial charge in [-0.05, 0) is 28.1 Å². The molecule has 0 saturated heterocycles. The molecule has 1 aromatic carbocycles. The van der Waals surface area contributed by atoms with Gasteiger partial charge < -0.3 is 9.15 Å². The molecule has 0 spiro atoms. The molecule has 0 unspecified atom stereocenters. The van der Waals surface area contributed by atoms with Crippen molar-refractivity contribution in [3.63, 3.8) is 0 Å². The van der Waals surface area contributed by atoms with E-state index in [9.17, 15) is 9.18 Å². The van der Waals surface area contributed by atoms with Gasteiger partial charge in [-0.15, -0.1) is 0 Å². The first-order valence-corrected chi connectivity index (χ1v) is 5.39. The molecule has 0 aliphatic heterocycles. The van der Waals surface area contributed by atoms with Crippen LogP contribution < -0.4 is 4.74 Å². The minimum atomic E-state index is -0.621. The van der Waals surface area contributed by atoms with Crippen LogP contribution in [-0.2, 0) is 0 Å². The number of aromatic nitrogens is 1. The number of ether oxygens (including phenoxy) is 1. The van der Waals surface area contributed by atoms with E-state index in [1.165, 1.54) is 19.4 Å². The highest BCUT2D eigenvalue weighted by molar-refractivity contribution is 9.10. The summed E-state index contributed by atoms with van der Waals surface area (Å²) < 4.78 is 23.6. The molecule has 0 fully saturated rings. The minimum Gasteiger partial charge on any atom is -0.492 e. The molecular formula is C11H7BrFNO3. The molecule has 4 nitrogen and oxygen atoms in total. The summed E-state index contributed by atoms with van der Waals surface area (Å²) in [5.41, 5.74) is 0.159. The van der Waals surface area contributed by atoms with E-state index >= 15 is 0 Å². The SMILES string of the molecule is COc1c(F)cc(C(=O)c2cnco2)cc1Br. The van der Waals surface area contributed by atoms with Crippen molar-refractivity contribution >= 4 is 21.7 Å². The maximum Gasteiger partial charge on any atom is 0.230 e. The van der Waals surface area contributed by atoms with Crippen LogP contribution in [-0.4, -0.2) is 17.9 Å². The molecular weight excluding hydrogens is 293 g/mol. The van der Waals surface area contributed by atoms with Crippen LogP contribution >= 0.6 is 15.9 Å². The van der Waals surface area contributed by atoms with Crippen LogP contribution in [0.15, 0.2) is 33.6 Å². The highest BCUT2D eigenvalue weighted by Crippen LogP contribution is 2.30. The third-order valence-corrected chi connectivity index (χ3v) is 2.71. The molecule has 17 heavy (non-hydrogen) atoms. The van der Waals surface area contributed by atoms with Crippen molar-refractivity contribution in [3.05, 3.63) is 46.3 Å². The third-order valence-electron chi connectivity index (χ3n) is 2.12. The van der Waals surface area contributed by atoms with Crippen LogP contribution in [0.4, 0.5) is 4.39 Å². The maximum absolute atomic E-state index is 13.6. The van der Waals surface area contributed by atoms with E-state index in [4.69, 9.17) is 9.15 Å². The Bertz CT molecular complexity index is 531. The second-order valence-corrected chi connectivity index (χ2v) is 4.02. The Morgan fingerprint density at radius 1 is 1.53 bits per heavy atom. The monoisotopic (exact) mass is 299 g/mol. The molecule has 0 aliphatic rings. The van der Waals surface area contributed by atoms with E-state index in [1.54, 1.807) is 0 Å². The van der Waals surface area contributed by atoms with Crippen molar-refractivity contribution in [1.29, 1.82) is 0 Å². The largest absolute Gasteiger partial charge is 0.492 e. The van der Waals surface area contributed by atoms with Gasteiger partial charge in [-0.2, -0.15) is 0 Å². The van der Waals surface area contributed by atoms with Gasteiger partial charge in [0.1, 0.15) is 0 Å². The molecule has 1 aromatic heterocycles. The number of ketones is 1. The summed E-state index contributed by atoms with van der Waals surface area (Å²) in [5, 5.41) is 0. The van der Waals surface area contributed by atoms with E-state index in [0.717, 1.165) is 12.5 Å². The zero-order valence-corrected chi connectivity index (χ0v) is 10.3. The Labute approximate surface area is 105 Å². The van der Waals surface area contributed by atoms with Gasteiger partial charge in [0.15, 0.2) is 23.7 Å². The number of benzene rings is 1. The number of oxazole rings is 1. The fourth-order valence-corrected chi connectivity index (χ4v) is 1.95. The van der Waals surface area contributed by atoms with Gasteiger partial charge in [0.2, 0.25) is 5.78 Å². The van der Waals surface area contributed by atoms with Crippen LogP contribution in [0.1, 0.15) is 16.1 Å². The summed E-state index contributed by atoms with van der Waals surface area (Å²) in [5.74, 6) is -0.949. The third kappa shape index (κ3) is 2.21. The topological polar surface area (TPSA) is 52.3 Å². The van der Waals surface area contributed by atoms with Gasteiger partial charge in [-0.25, -0.2) is 9.37 Å². The molecule has 0 atom stereocenters. The smallest absolute Gasteiger partial charge is 0.230 e. The first kappa shape index (κ1) is 11.8. The van der Waals surface area contributed by atoms with Gasteiger partial charge in [0.25, 0.3) is 0 Å². The summed E-state index contributed by atoms with van der Waals surface area (Å²) in [6, 6.07) is 2.56. The second kappa shape index (κ2) is 4.67. The molecule has 2 aromatic rings. The van der Waals surface area contributed by atoms with E-state index in [0.29, 0.717) is 4.47 Å². The van der Waals surface area contributed by atoms with Gasteiger partial charge in [0, 0.05) is 5.56 Å². The predicted octanol–water partition coefficient (Wildman–Crippen LogP) is 2.82. The van der Waals surface area contributed by atoms with E-state index < -0.39 is 11.6 Å². The van der Waals surface area contributed by atoms with Crippen molar-refractivity contribution in [2.24, 2.45) is 0 Å². The fraction of sp³-hybridized carbons (Fsp3) is 0.0909. The summed E-state index contributed by atoms with van der Waals surface area (Å²) >= 11 is 3.13. The zero-order valence-electron chi connectivity index (χ0n) is 8.74. The Morgan fingerprint density at radius 3 is 2.82 bits per heavy atom. The number of nitrogens with zero attached hydrogens (tertiary/aromatic N) is 1. The zero-order chi connectivity index (χ0) is 12.4. The molecule has 0 amide bonds. The fourth-order valence-electron chi connectivity index (χ4n) is 1.36. The van der Waals surface area contributed by atoms with Crippen LogP contribution in [0, 0.1) is 5.82 Å². The number of carbonyl (C=O) groups is 1. The average molecular weight is 300 g/mol. The Kier molecular flexibility index (Phi) is 3.23. The van der Waals surface area contributed by atoms with Crippen molar-refractivity contribution in [2.75, 3.05) is 7.11 Å². The standard InChI is InChI=1S/C11H7BrFNO3/c1-16-11-7(12)2-6(3-8(11)13)10(15)9-4-14-5-17-9/h2-5H,1H3. The van der Waals surface area contributed by atoms with Crippen LogP contribution in [0.3, 0.4) is 0 Å². The summed E-state index contributed by atoms with van der Waals surface area (Å²) in [7, 11) is 1.35. The minimum absolute atomic E-state index is 0.0547. The van der Waals surface area contributed by atoms with Crippen molar-refractivity contribution in [3.8, 4) is 5.75 Å². The van der Waals surface area contributed by atoms with Crippen molar-refractivity contribution in [2.45, 2.75) is 0 Å². The molecule has 88 valence electrons. The van der Waals surface area contributed by atoms with Gasteiger partial charge >= 0.3 is 0 Å². The molecule has 1 heterocycles. The van der Waals surface area contributed by atoms with Crippen LogP contribution in [0.2, 0.25) is 0 Å². The first-order valence-electron chi connectivity index (χ1n) is 4.59. The van der Waals surface area contributed by atoms with E-state index in [1.807, 2.05) is 0 Å². The molecule has 0 aliphatic carbocycles. The number of carbonyl (C=O) groups excluding carboxylic acids is 1. The van der Waals surface area contributed by atoms with Crippen LogP contribution in [0.25, 0.3) is 0 Å². The predicted molar refractivity (Wildman–Crippen MR) is 60.6 cm³/mol. The Morgan fingerprint density at radius 2 is 2.29 bits per heavy atom. The van der Waals surface area contributed by atoms with Crippen molar-refractivity contribution in [1.82, 2.24) is 4.98 Å².